The molecule has 0 radical (unpaired) electrons. The Balaban J connectivity index is 1.56. The van der Waals surface area contributed by atoms with Crippen molar-refractivity contribution in [2.24, 2.45) is 0 Å². The van der Waals surface area contributed by atoms with E-state index in [4.69, 9.17) is 0 Å². The highest BCUT2D eigenvalue weighted by Crippen LogP contribution is 2.19. The highest BCUT2D eigenvalue weighted by molar-refractivity contribution is 5.26. The van der Waals surface area contributed by atoms with Gasteiger partial charge in [0.05, 0.1) is 18.1 Å². The third kappa shape index (κ3) is 4.54. The number of aromatic nitrogens is 2. The number of imidazole rings is 1. The Morgan fingerprint density at radius 1 is 1.04 bits per heavy atom. The third-order valence-electron chi connectivity index (χ3n) is 4.10. The predicted octanol–water partition coefficient (Wildman–Crippen LogP) is 3.22. The molecule has 2 N–H and O–H groups in total. The molecule has 0 fully saturated rings. The molecule has 4 nitrogen and oxygen atoms in total. The quantitative estimate of drug-likeness (QED) is 0.670. The number of hydrogen-bond acceptors (Lipinski definition) is 3. The van der Waals surface area contributed by atoms with Gasteiger partial charge in [-0.1, -0.05) is 60.7 Å². The van der Waals surface area contributed by atoms with E-state index in [2.05, 4.69) is 81.8 Å². The van der Waals surface area contributed by atoms with Gasteiger partial charge in [0.2, 0.25) is 0 Å². The van der Waals surface area contributed by atoms with Crippen molar-refractivity contribution in [1.29, 1.82) is 0 Å². The summed E-state index contributed by atoms with van der Waals surface area (Å²) in [4.78, 5) is 9.72. The van der Waals surface area contributed by atoms with Gasteiger partial charge in [0.25, 0.3) is 0 Å². The number of likely N-dealkylation sites (N-methyl/N-ethyl adjacent to an activating group) is 1. The van der Waals surface area contributed by atoms with Gasteiger partial charge in [-0.15, -0.1) is 0 Å². The van der Waals surface area contributed by atoms with Gasteiger partial charge in [-0.2, -0.15) is 0 Å². The summed E-state index contributed by atoms with van der Waals surface area (Å²) < 4.78 is 0. The lowest BCUT2D eigenvalue weighted by Crippen LogP contribution is -2.32. The van der Waals surface area contributed by atoms with Crippen molar-refractivity contribution in [2.75, 3.05) is 20.1 Å². The van der Waals surface area contributed by atoms with Crippen LogP contribution in [-0.2, 0) is 6.54 Å². The number of nitrogens with one attached hydrogen (secondary N) is 2. The average Bonchev–Trinajstić information content (AvgIpc) is 3.14. The van der Waals surface area contributed by atoms with Crippen LogP contribution in [0.5, 0.6) is 0 Å². The number of benzene rings is 2. The van der Waals surface area contributed by atoms with Gasteiger partial charge in [-0.05, 0) is 18.2 Å². The van der Waals surface area contributed by atoms with Crippen LogP contribution in [0.1, 0.15) is 22.9 Å². The Hall–Kier alpha value is -2.43. The molecule has 0 aliphatic heterocycles. The van der Waals surface area contributed by atoms with E-state index >= 15 is 0 Å². The monoisotopic (exact) mass is 320 g/mol. The van der Waals surface area contributed by atoms with Crippen LogP contribution in [0.3, 0.4) is 0 Å². The van der Waals surface area contributed by atoms with Gasteiger partial charge >= 0.3 is 0 Å². The van der Waals surface area contributed by atoms with Crippen molar-refractivity contribution in [2.45, 2.75) is 12.6 Å². The fourth-order valence-electron chi connectivity index (χ4n) is 2.85. The zero-order valence-corrected chi connectivity index (χ0v) is 14.0. The van der Waals surface area contributed by atoms with E-state index in [0.717, 1.165) is 25.3 Å². The standard InChI is InChI=1S/C20H24N4/c1-24(15-17-8-4-2-5-9-17)13-12-22-20(19-14-21-16-23-19)18-10-6-3-7-11-18/h2-11,14,16,20,22H,12-13,15H2,1H3,(H,21,23). The molecule has 0 saturated heterocycles. The lowest BCUT2D eigenvalue weighted by atomic mass is 10.0. The Morgan fingerprint density at radius 3 is 2.42 bits per heavy atom. The highest BCUT2D eigenvalue weighted by atomic mass is 15.1. The maximum Gasteiger partial charge on any atom is 0.0922 e. The Labute approximate surface area is 143 Å². The molecule has 0 bridgehead atoms. The van der Waals surface area contributed by atoms with Crippen molar-refractivity contribution < 1.29 is 0 Å². The molecule has 1 aromatic heterocycles. The Morgan fingerprint density at radius 2 is 1.75 bits per heavy atom. The molecule has 0 spiro atoms. The lowest BCUT2D eigenvalue weighted by Gasteiger charge is -2.21. The molecule has 1 heterocycles. The zero-order valence-electron chi connectivity index (χ0n) is 14.0. The number of hydrogen-bond donors (Lipinski definition) is 2. The van der Waals surface area contributed by atoms with Crippen LogP contribution in [0.15, 0.2) is 73.2 Å². The molecule has 3 aromatic rings. The molecule has 4 heteroatoms. The molecule has 1 atom stereocenters. The van der Waals surface area contributed by atoms with Crippen molar-refractivity contribution in [3.8, 4) is 0 Å². The summed E-state index contributed by atoms with van der Waals surface area (Å²) in [6, 6.07) is 21.2. The second-order valence-corrected chi connectivity index (χ2v) is 6.03. The number of rotatable bonds is 8. The van der Waals surface area contributed by atoms with Crippen LogP contribution in [0, 0.1) is 0 Å². The fraction of sp³-hybridized carbons (Fsp3) is 0.250. The first-order valence-electron chi connectivity index (χ1n) is 8.32. The summed E-state index contributed by atoms with van der Waals surface area (Å²) >= 11 is 0. The summed E-state index contributed by atoms with van der Waals surface area (Å²) in [5.41, 5.74) is 3.67. The van der Waals surface area contributed by atoms with Crippen LogP contribution in [-0.4, -0.2) is 35.0 Å². The summed E-state index contributed by atoms with van der Waals surface area (Å²) in [5.74, 6) is 0. The van der Waals surface area contributed by atoms with E-state index in [1.807, 2.05) is 12.3 Å². The van der Waals surface area contributed by atoms with Crippen molar-refractivity contribution in [3.05, 3.63) is 90.0 Å². The van der Waals surface area contributed by atoms with E-state index in [1.165, 1.54) is 11.1 Å². The topological polar surface area (TPSA) is 44.0 Å². The number of H-pyrrole nitrogens is 1. The first-order chi connectivity index (χ1) is 11.8. The van der Waals surface area contributed by atoms with Gasteiger partial charge in [-0.3, -0.25) is 0 Å². The minimum atomic E-state index is 0.138. The fourth-order valence-corrected chi connectivity index (χ4v) is 2.85. The summed E-state index contributed by atoms with van der Waals surface area (Å²) in [6.07, 6.45) is 3.62. The summed E-state index contributed by atoms with van der Waals surface area (Å²) in [6.45, 7) is 2.84. The van der Waals surface area contributed by atoms with Crippen LogP contribution in [0.25, 0.3) is 0 Å². The normalized spacial score (nSPS) is 12.4. The SMILES string of the molecule is CN(CCNC(c1ccccc1)c1cnc[nH]1)Cc1ccccc1. The minimum absolute atomic E-state index is 0.138. The molecule has 0 saturated carbocycles. The van der Waals surface area contributed by atoms with Crippen LogP contribution >= 0.6 is 0 Å². The second-order valence-electron chi connectivity index (χ2n) is 6.03. The smallest absolute Gasteiger partial charge is 0.0922 e. The van der Waals surface area contributed by atoms with Crippen LogP contribution < -0.4 is 5.32 Å². The van der Waals surface area contributed by atoms with E-state index in [0.29, 0.717) is 0 Å². The lowest BCUT2D eigenvalue weighted by molar-refractivity contribution is 0.320. The predicted molar refractivity (Wildman–Crippen MR) is 97.7 cm³/mol. The van der Waals surface area contributed by atoms with E-state index in [1.54, 1.807) is 6.33 Å². The molecular formula is C20H24N4. The van der Waals surface area contributed by atoms with Crippen molar-refractivity contribution >= 4 is 0 Å². The van der Waals surface area contributed by atoms with E-state index in [-0.39, 0.29) is 6.04 Å². The van der Waals surface area contributed by atoms with Gasteiger partial charge < -0.3 is 15.2 Å². The molecule has 0 aliphatic carbocycles. The maximum absolute atomic E-state index is 4.16. The molecule has 24 heavy (non-hydrogen) atoms. The molecule has 1 unspecified atom stereocenters. The first-order valence-corrected chi connectivity index (χ1v) is 8.32. The molecule has 124 valence electrons. The molecule has 0 aliphatic rings. The van der Waals surface area contributed by atoms with Gasteiger partial charge in [-0.25, -0.2) is 4.98 Å². The molecule has 2 aromatic carbocycles. The first kappa shape index (κ1) is 16.4. The second kappa shape index (κ2) is 8.43. The summed E-state index contributed by atoms with van der Waals surface area (Å²) in [7, 11) is 2.16. The van der Waals surface area contributed by atoms with Crippen LogP contribution in [0.4, 0.5) is 0 Å². The Kier molecular flexibility index (Phi) is 5.77. The molecular weight excluding hydrogens is 296 g/mol. The average molecular weight is 320 g/mol. The van der Waals surface area contributed by atoms with Crippen LogP contribution in [0.2, 0.25) is 0 Å². The highest BCUT2D eigenvalue weighted by Gasteiger charge is 2.14. The van der Waals surface area contributed by atoms with Crippen molar-refractivity contribution in [3.63, 3.8) is 0 Å². The number of aromatic amines is 1. The minimum Gasteiger partial charge on any atom is -0.347 e. The van der Waals surface area contributed by atoms with E-state index in [9.17, 15) is 0 Å². The van der Waals surface area contributed by atoms with Crippen molar-refractivity contribution in [1.82, 2.24) is 20.2 Å². The van der Waals surface area contributed by atoms with Gasteiger partial charge in [0.15, 0.2) is 0 Å². The Bertz CT molecular complexity index is 695. The largest absolute Gasteiger partial charge is 0.347 e. The van der Waals surface area contributed by atoms with E-state index < -0.39 is 0 Å². The maximum atomic E-state index is 4.16. The van der Waals surface area contributed by atoms with Gasteiger partial charge in [0.1, 0.15) is 0 Å². The third-order valence-corrected chi connectivity index (χ3v) is 4.10. The number of nitrogens with zero attached hydrogens (tertiary/aromatic N) is 2. The molecule has 0 amide bonds. The van der Waals surface area contributed by atoms with Gasteiger partial charge in [0, 0.05) is 25.8 Å². The molecule has 3 rings (SSSR count). The summed E-state index contributed by atoms with van der Waals surface area (Å²) in [5, 5.41) is 3.64. The zero-order chi connectivity index (χ0) is 16.6.